The molecule has 7 nitrogen and oxygen atoms in total. The maximum atomic E-state index is 5.95. The highest BCUT2D eigenvalue weighted by molar-refractivity contribution is 14.0. The minimum absolute atomic E-state index is 0. The number of aliphatic imine (C=N–C) groups is 1. The Morgan fingerprint density at radius 2 is 1.97 bits per heavy atom. The summed E-state index contributed by atoms with van der Waals surface area (Å²) >= 11 is 0. The highest BCUT2D eigenvalue weighted by Crippen LogP contribution is 2.26. The van der Waals surface area contributed by atoms with E-state index in [0.717, 1.165) is 62.3 Å². The molecule has 0 radical (unpaired) electrons. The first-order valence-electron chi connectivity index (χ1n) is 10.9. The van der Waals surface area contributed by atoms with Crippen LogP contribution >= 0.6 is 24.0 Å². The summed E-state index contributed by atoms with van der Waals surface area (Å²) in [6, 6.07) is 6.47. The first-order valence-corrected chi connectivity index (χ1v) is 10.9. The van der Waals surface area contributed by atoms with E-state index in [2.05, 4.69) is 51.3 Å². The van der Waals surface area contributed by atoms with Gasteiger partial charge in [0, 0.05) is 25.3 Å². The van der Waals surface area contributed by atoms with Gasteiger partial charge in [-0.05, 0) is 78.2 Å². The van der Waals surface area contributed by atoms with Gasteiger partial charge in [-0.3, -0.25) is 14.6 Å². The quantitative estimate of drug-likeness (QED) is 0.224. The summed E-state index contributed by atoms with van der Waals surface area (Å²) in [6.45, 7) is 13.8. The predicted octanol–water partition coefficient (Wildman–Crippen LogP) is 3.80. The van der Waals surface area contributed by atoms with Gasteiger partial charge in [-0.2, -0.15) is 5.10 Å². The molecule has 8 heteroatoms. The summed E-state index contributed by atoms with van der Waals surface area (Å²) in [5, 5.41) is 11.4. The molecule has 1 unspecified atom stereocenters. The van der Waals surface area contributed by atoms with E-state index < -0.39 is 0 Å². The number of nitrogens with one attached hydrogen (secondary N) is 2. The predicted molar refractivity (Wildman–Crippen MR) is 133 cm³/mol. The van der Waals surface area contributed by atoms with Crippen LogP contribution in [0.1, 0.15) is 55.1 Å². The number of rotatable bonds is 9. The summed E-state index contributed by atoms with van der Waals surface area (Å²) in [4.78, 5) is 7.37. The van der Waals surface area contributed by atoms with E-state index in [-0.39, 0.29) is 30.0 Å². The molecule has 3 rings (SSSR count). The molecule has 0 amide bonds. The van der Waals surface area contributed by atoms with Crippen molar-refractivity contribution in [1.29, 1.82) is 0 Å². The summed E-state index contributed by atoms with van der Waals surface area (Å²) in [5.74, 6) is 2.85. The number of furan rings is 1. The van der Waals surface area contributed by atoms with Crippen molar-refractivity contribution in [2.24, 2.45) is 4.99 Å². The number of aryl methyl sites for hydroxylation is 4. The average molecular weight is 528 g/mol. The van der Waals surface area contributed by atoms with E-state index in [1.807, 2.05) is 19.9 Å². The molecule has 0 aromatic carbocycles. The smallest absolute Gasteiger partial charge is 0.191 e. The lowest BCUT2D eigenvalue weighted by Crippen LogP contribution is -2.39. The van der Waals surface area contributed by atoms with Crippen molar-refractivity contribution < 1.29 is 4.42 Å². The van der Waals surface area contributed by atoms with Gasteiger partial charge in [-0.15, -0.1) is 24.0 Å². The Balaban J connectivity index is 0.00000320. The summed E-state index contributed by atoms with van der Waals surface area (Å²) in [6.07, 6.45) is 3.51. The molecule has 0 bridgehead atoms. The lowest BCUT2D eigenvalue weighted by Gasteiger charge is -2.24. The second kappa shape index (κ2) is 12.3. The first kappa shape index (κ1) is 24.7. The van der Waals surface area contributed by atoms with Crippen LogP contribution in [0.25, 0.3) is 0 Å². The minimum atomic E-state index is 0. The van der Waals surface area contributed by atoms with E-state index in [1.54, 1.807) is 0 Å². The Morgan fingerprint density at radius 3 is 2.57 bits per heavy atom. The second-order valence-corrected chi connectivity index (χ2v) is 7.86. The van der Waals surface area contributed by atoms with E-state index in [1.165, 1.54) is 18.5 Å². The lowest BCUT2D eigenvalue weighted by molar-refractivity contribution is 0.219. The minimum Gasteiger partial charge on any atom is -0.465 e. The lowest BCUT2D eigenvalue weighted by atomic mass is 10.2. The zero-order valence-corrected chi connectivity index (χ0v) is 21.1. The number of aromatic nitrogens is 2. The maximum absolute atomic E-state index is 5.95. The molecule has 0 saturated carbocycles. The van der Waals surface area contributed by atoms with Crippen molar-refractivity contribution >= 4 is 29.9 Å². The van der Waals surface area contributed by atoms with Crippen LogP contribution in [0.5, 0.6) is 0 Å². The zero-order chi connectivity index (χ0) is 20.6. The SMILES string of the molecule is CCNC(=NCC(c1ccc(C)o1)N1CCCC1)NCCCn1nc(C)cc1C.I. The molecule has 0 spiro atoms. The first-order chi connectivity index (χ1) is 14.1. The van der Waals surface area contributed by atoms with Crippen LogP contribution in [0, 0.1) is 20.8 Å². The Labute approximate surface area is 197 Å². The number of hydrogen-bond donors (Lipinski definition) is 2. The Kier molecular flexibility index (Phi) is 10.2. The maximum Gasteiger partial charge on any atom is 0.191 e. The molecular formula is C22H37IN6O. The van der Waals surface area contributed by atoms with Crippen molar-refractivity contribution in [3.63, 3.8) is 0 Å². The number of hydrogen-bond acceptors (Lipinski definition) is 4. The summed E-state index contributed by atoms with van der Waals surface area (Å²) < 4.78 is 8.02. The highest BCUT2D eigenvalue weighted by atomic mass is 127. The fraction of sp³-hybridized carbons (Fsp3) is 0.636. The van der Waals surface area contributed by atoms with Gasteiger partial charge in [0.2, 0.25) is 0 Å². The van der Waals surface area contributed by atoms with Gasteiger partial charge in [0.1, 0.15) is 11.5 Å². The van der Waals surface area contributed by atoms with E-state index in [0.29, 0.717) is 6.54 Å². The third kappa shape index (κ3) is 7.01. The average Bonchev–Trinajstić information content (AvgIpc) is 3.42. The Hall–Kier alpha value is -1.55. The molecule has 2 aromatic rings. The third-order valence-electron chi connectivity index (χ3n) is 5.38. The fourth-order valence-electron chi connectivity index (χ4n) is 3.93. The van der Waals surface area contributed by atoms with Crippen LogP contribution in [0.2, 0.25) is 0 Å². The van der Waals surface area contributed by atoms with Crippen molar-refractivity contribution in [3.8, 4) is 0 Å². The number of halogens is 1. The molecule has 0 aliphatic carbocycles. The normalized spacial score (nSPS) is 15.8. The fourth-order valence-corrected chi connectivity index (χ4v) is 3.93. The van der Waals surface area contributed by atoms with Gasteiger partial charge in [0.15, 0.2) is 5.96 Å². The topological polar surface area (TPSA) is 70.6 Å². The van der Waals surface area contributed by atoms with Gasteiger partial charge >= 0.3 is 0 Å². The summed E-state index contributed by atoms with van der Waals surface area (Å²) in [5.41, 5.74) is 2.29. The molecule has 2 N–H and O–H groups in total. The molecule has 2 aromatic heterocycles. The molecule has 30 heavy (non-hydrogen) atoms. The van der Waals surface area contributed by atoms with Crippen LogP contribution in [-0.4, -0.2) is 53.4 Å². The van der Waals surface area contributed by atoms with Gasteiger partial charge < -0.3 is 15.1 Å². The van der Waals surface area contributed by atoms with E-state index >= 15 is 0 Å². The molecule has 168 valence electrons. The van der Waals surface area contributed by atoms with Crippen LogP contribution in [0.3, 0.4) is 0 Å². The number of likely N-dealkylation sites (tertiary alicyclic amines) is 1. The van der Waals surface area contributed by atoms with Crippen molar-refractivity contribution in [2.75, 3.05) is 32.7 Å². The zero-order valence-electron chi connectivity index (χ0n) is 18.8. The molecule has 1 saturated heterocycles. The highest BCUT2D eigenvalue weighted by Gasteiger charge is 2.25. The molecule has 1 aliphatic heterocycles. The van der Waals surface area contributed by atoms with Gasteiger partial charge in [-0.1, -0.05) is 0 Å². The van der Waals surface area contributed by atoms with Gasteiger partial charge in [-0.25, -0.2) is 0 Å². The largest absolute Gasteiger partial charge is 0.465 e. The van der Waals surface area contributed by atoms with Crippen molar-refractivity contribution in [2.45, 2.75) is 59.5 Å². The van der Waals surface area contributed by atoms with Crippen LogP contribution in [0.15, 0.2) is 27.6 Å². The Morgan fingerprint density at radius 1 is 1.20 bits per heavy atom. The molecule has 3 heterocycles. The van der Waals surface area contributed by atoms with Crippen LogP contribution in [0.4, 0.5) is 0 Å². The third-order valence-corrected chi connectivity index (χ3v) is 5.38. The molecule has 1 fully saturated rings. The number of guanidine groups is 1. The standard InChI is InChI=1S/C22H36N6O.HI/c1-5-23-22(24-11-8-14-28-18(3)15-17(2)26-28)25-16-20(27-12-6-7-13-27)21-10-9-19(4)29-21;/h9-10,15,20H,5-8,11-14,16H2,1-4H3,(H2,23,24,25);1H. The van der Waals surface area contributed by atoms with Gasteiger partial charge in [0.25, 0.3) is 0 Å². The second-order valence-electron chi connectivity index (χ2n) is 7.86. The monoisotopic (exact) mass is 528 g/mol. The molecule has 1 aliphatic rings. The van der Waals surface area contributed by atoms with Crippen LogP contribution in [-0.2, 0) is 6.54 Å². The molecular weight excluding hydrogens is 491 g/mol. The Bertz CT molecular complexity index is 793. The van der Waals surface area contributed by atoms with E-state index in [4.69, 9.17) is 9.41 Å². The van der Waals surface area contributed by atoms with Crippen LogP contribution < -0.4 is 10.6 Å². The molecule has 1 atom stereocenters. The van der Waals surface area contributed by atoms with Gasteiger partial charge in [0.05, 0.1) is 18.3 Å². The van der Waals surface area contributed by atoms with Crippen molar-refractivity contribution in [3.05, 3.63) is 41.1 Å². The van der Waals surface area contributed by atoms with E-state index in [9.17, 15) is 0 Å². The number of nitrogens with zero attached hydrogens (tertiary/aromatic N) is 4. The summed E-state index contributed by atoms with van der Waals surface area (Å²) in [7, 11) is 0. The van der Waals surface area contributed by atoms with Crippen molar-refractivity contribution in [1.82, 2.24) is 25.3 Å².